The van der Waals surface area contributed by atoms with Crippen LogP contribution in [-0.4, -0.2) is 13.4 Å². The van der Waals surface area contributed by atoms with E-state index in [1.165, 1.54) is 12.3 Å². The number of hydrogen-bond acceptors (Lipinski definition) is 5. The Bertz CT molecular complexity index is 674. The molecule has 0 saturated heterocycles. The van der Waals surface area contributed by atoms with Crippen LogP contribution in [0.1, 0.15) is 18.5 Å². The summed E-state index contributed by atoms with van der Waals surface area (Å²) in [5, 5.41) is 0. The molecule has 0 amide bonds. The SMILES string of the molecule is CC(NS(=O)(=O)c1cccnc1NN)c1ccccc1. The van der Waals surface area contributed by atoms with Crippen molar-refractivity contribution in [2.24, 2.45) is 5.84 Å². The Kier molecular flexibility index (Phi) is 4.33. The monoisotopic (exact) mass is 292 g/mol. The Morgan fingerprint density at radius 1 is 1.15 bits per heavy atom. The Labute approximate surface area is 118 Å². The first-order valence-electron chi connectivity index (χ1n) is 6.03. The van der Waals surface area contributed by atoms with Gasteiger partial charge in [-0.2, -0.15) is 0 Å². The van der Waals surface area contributed by atoms with Gasteiger partial charge in [0.05, 0.1) is 0 Å². The average Bonchev–Trinajstić information content (AvgIpc) is 2.47. The quantitative estimate of drug-likeness (QED) is 0.572. The second-order valence-electron chi connectivity index (χ2n) is 4.25. The highest BCUT2D eigenvalue weighted by molar-refractivity contribution is 7.89. The fourth-order valence-electron chi connectivity index (χ4n) is 1.82. The number of rotatable bonds is 5. The molecule has 0 aliphatic carbocycles. The highest BCUT2D eigenvalue weighted by atomic mass is 32.2. The summed E-state index contributed by atoms with van der Waals surface area (Å²) in [5.74, 6) is 5.40. The number of nitrogens with zero attached hydrogens (tertiary/aromatic N) is 1. The van der Waals surface area contributed by atoms with E-state index in [9.17, 15) is 8.42 Å². The van der Waals surface area contributed by atoms with Crippen molar-refractivity contribution in [3.8, 4) is 0 Å². The van der Waals surface area contributed by atoms with E-state index in [2.05, 4.69) is 15.1 Å². The molecule has 0 saturated carbocycles. The summed E-state index contributed by atoms with van der Waals surface area (Å²) in [7, 11) is -3.71. The third-order valence-electron chi connectivity index (χ3n) is 2.83. The first kappa shape index (κ1) is 14.4. The lowest BCUT2D eigenvalue weighted by atomic mass is 10.1. The van der Waals surface area contributed by atoms with Crippen molar-refractivity contribution in [2.75, 3.05) is 5.43 Å². The molecule has 0 bridgehead atoms. The van der Waals surface area contributed by atoms with E-state index < -0.39 is 10.0 Å². The highest BCUT2D eigenvalue weighted by Gasteiger charge is 2.21. The van der Waals surface area contributed by atoms with Crippen molar-refractivity contribution in [3.63, 3.8) is 0 Å². The van der Waals surface area contributed by atoms with E-state index in [1.807, 2.05) is 30.3 Å². The largest absolute Gasteiger partial charge is 0.307 e. The molecule has 2 rings (SSSR count). The van der Waals surface area contributed by atoms with Crippen molar-refractivity contribution < 1.29 is 8.42 Å². The van der Waals surface area contributed by atoms with E-state index in [0.717, 1.165) is 5.56 Å². The van der Waals surface area contributed by atoms with Gasteiger partial charge in [0.2, 0.25) is 10.0 Å². The van der Waals surface area contributed by atoms with Crippen LogP contribution in [0.5, 0.6) is 0 Å². The topological polar surface area (TPSA) is 97.1 Å². The number of anilines is 1. The van der Waals surface area contributed by atoms with Crippen LogP contribution < -0.4 is 16.0 Å². The smallest absolute Gasteiger partial charge is 0.244 e. The van der Waals surface area contributed by atoms with E-state index in [0.29, 0.717) is 0 Å². The first-order valence-corrected chi connectivity index (χ1v) is 7.52. The van der Waals surface area contributed by atoms with Gasteiger partial charge in [0, 0.05) is 12.2 Å². The molecule has 0 fully saturated rings. The number of sulfonamides is 1. The molecule has 0 radical (unpaired) electrons. The number of hydrazine groups is 1. The predicted molar refractivity (Wildman–Crippen MR) is 77.2 cm³/mol. The molecule has 4 N–H and O–H groups in total. The van der Waals surface area contributed by atoms with Crippen LogP contribution in [0.4, 0.5) is 5.82 Å². The number of hydrogen-bond donors (Lipinski definition) is 3. The molecule has 106 valence electrons. The first-order chi connectivity index (χ1) is 9.54. The molecular formula is C13H16N4O2S. The standard InChI is InChI=1S/C13H16N4O2S/c1-10(11-6-3-2-4-7-11)17-20(18,19)12-8-5-9-15-13(12)16-14/h2-10,17H,14H2,1H3,(H,15,16). The zero-order chi connectivity index (χ0) is 14.6. The van der Waals surface area contributed by atoms with Gasteiger partial charge in [-0.05, 0) is 24.6 Å². The molecule has 1 atom stereocenters. The number of benzene rings is 1. The van der Waals surface area contributed by atoms with Crippen molar-refractivity contribution in [1.82, 2.24) is 9.71 Å². The average molecular weight is 292 g/mol. The van der Waals surface area contributed by atoms with Gasteiger partial charge in [0.15, 0.2) is 5.82 Å². The van der Waals surface area contributed by atoms with E-state index in [1.54, 1.807) is 13.0 Å². The molecule has 0 aliphatic rings. The Morgan fingerprint density at radius 3 is 2.50 bits per heavy atom. The van der Waals surface area contributed by atoms with Crippen LogP contribution in [0.25, 0.3) is 0 Å². The van der Waals surface area contributed by atoms with Crippen LogP contribution in [-0.2, 0) is 10.0 Å². The minimum absolute atomic E-state index is 0.0188. The lowest BCUT2D eigenvalue weighted by molar-refractivity contribution is 0.567. The second kappa shape index (κ2) is 6.00. The van der Waals surface area contributed by atoms with Crippen molar-refractivity contribution in [1.29, 1.82) is 0 Å². The molecular weight excluding hydrogens is 276 g/mol. The van der Waals surface area contributed by atoms with Gasteiger partial charge < -0.3 is 5.43 Å². The van der Waals surface area contributed by atoms with Gasteiger partial charge >= 0.3 is 0 Å². The number of nitrogens with one attached hydrogen (secondary N) is 2. The van der Waals surface area contributed by atoms with Crippen LogP contribution in [0, 0.1) is 0 Å². The molecule has 1 heterocycles. The second-order valence-corrected chi connectivity index (χ2v) is 5.93. The normalized spacial score (nSPS) is 12.9. The van der Waals surface area contributed by atoms with Gasteiger partial charge in [0.25, 0.3) is 0 Å². The van der Waals surface area contributed by atoms with Gasteiger partial charge in [-0.3, -0.25) is 0 Å². The molecule has 6 nitrogen and oxygen atoms in total. The minimum Gasteiger partial charge on any atom is -0.307 e. The van der Waals surface area contributed by atoms with Crippen LogP contribution >= 0.6 is 0 Å². The maximum atomic E-state index is 12.3. The molecule has 20 heavy (non-hydrogen) atoms. The molecule has 0 spiro atoms. The highest BCUT2D eigenvalue weighted by Crippen LogP contribution is 2.20. The third kappa shape index (κ3) is 3.13. The van der Waals surface area contributed by atoms with Crippen LogP contribution in [0.3, 0.4) is 0 Å². The maximum absolute atomic E-state index is 12.3. The summed E-state index contributed by atoms with van der Waals surface area (Å²) in [4.78, 5) is 3.91. The summed E-state index contributed by atoms with van der Waals surface area (Å²) < 4.78 is 27.3. The predicted octanol–water partition coefficient (Wildman–Crippen LogP) is 1.41. The lowest BCUT2D eigenvalue weighted by Crippen LogP contribution is -2.28. The zero-order valence-electron chi connectivity index (χ0n) is 10.9. The summed E-state index contributed by atoms with van der Waals surface area (Å²) in [5.41, 5.74) is 3.16. The maximum Gasteiger partial charge on any atom is 0.244 e. The lowest BCUT2D eigenvalue weighted by Gasteiger charge is -2.15. The minimum atomic E-state index is -3.71. The fourth-order valence-corrected chi connectivity index (χ4v) is 3.17. The van der Waals surface area contributed by atoms with Crippen LogP contribution in [0.15, 0.2) is 53.6 Å². The Balaban J connectivity index is 2.28. The summed E-state index contributed by atoms with van der Waals surface area (Å²) in [6.07, 6.45) is 1.47. The fraction of sp³-hybridized carbons (Fsp3) is 0.154. The zero-order valence-corrected chi connectivity index (χ0v) is 11.8. The van der Waals surface area contributed by atoms with Crippen molar-refractivity contribution in [2.45, 2.75) is 17.9 Å². The van der Waals surface area contributed by atoms with Crippen LogP contribution in [0.2, 0.25) is 0 Å². The van der Waals surface area contributed by atoms with Gasteiger partial charge in [-0.1, -0.05) is 30.3 Å². The van der Waals surface area contributed by atoms with Gasteiger partial charge in [0.1, 0.15) is 4.90 Å². The van der Waals surface area contributed by atoms with E-state index >= 15 is 0 Å². The van der Waals surface area contributed by atoms with E-state index in [-0.39, 0.29) is 16.8 Å². The number of nitrogens with two attached hydrogens (primary N) is 1. The number of pyridine rings is 1. The molecule has 1 unspecified atom stereocenters. The Hall–Kier alpha value is -1.96. The Morgan fingerprint density at radius 2 is 1.85 bits per heavy atom. The van der Waals surface area contributed by atoms with E-state index in [4.69, 9.17) is 5.84 Å². The summed E-state index contributed by atoms with van der Waals surface area (Å²) >= 11 is 0. The van der Waals surface area contributed by atoms with Gasteiger partial charge in [-0.25, -0.2) is 24.0 Å². The molecule has 2 aromatic rings. The molecule has 1 aromatic heterocycles. The van der Waals surface area contributed by atoms with Crippen molar-refractivity contribution >= 4 is 15.8 Å². The summed E-state index contributed by atoms with van der Waals surface area (Å²) in [6.45, 7) is 1.78. The molecule has 7 heteroatoms. The number of nitrogen functional groups attached to an aromatic ring is 1. The van der Waals surface area contributed by atoms with Gasteiger partial charge in [-0.15, -0.1) is 0 Å². The summed E-state index contributed by atoms with van der Waals surface area (Å²) in [6, 6.07) is 11.9. The molecule has 1 aromatic carbocycles. The molecule has 0 aliphatic heterocycles. The third-order valence-corrected chi connectivity index (χ3v) is 4.40. The van der Waals surface area contributed by atoms with Crippen molar-refractivity contribution in [3.05, 3.63) is 54.2 Å². The number of aromatic nitrogens is 1.